The van der Waals surface area contributed by atoms with Gasteiger partial charge in [-0.05, 0) is 12.2 Å². The molecule has 0 unspecified atom stereocenters. The van der Waals surface area contributed by atoms with Crippen LogP contribution in [-0.2, 0) is 0 Å². The average molecular weight is 376 g/mol. The topological polar surface area (TPSA) is 84.0 Å². The fraction of sp³-hybridized carbons (Fsp3) is 0.667. The van der Waals surface area contributed by atoms with Crippen molar-refractivity contribution in [1.29, 1.82) is 0 Å². The summed E-state index contributed by atoms with van der Waals surface area (Å²) in [5.41, 5.74) is -1.31. The number of aromatic nitrogens is 2. The van der Waals surface area contributed by atoms with Gasteiger partial charge in [-0.25, -0.2) is 14.2 Å². The lowest BCUT2D eigenvalue weighted by Crippen LogP contribution is -2.41. The summed E-state index contributed by atoms with van der Waals surface area (Å²) in [6, 6.07) is 0.542. The minimum absolute atomic E-state index is 0.377. The molecule has 0 spiro atoms. The number of amides is 1. The molecular weight excluding hydrogens is 349 g/mol. The summed E-state index contributed by atoms with van der Waals surface area (Å²) in [6.45, 7) is 9.77. The molecule has 1 amide bonds. The van der Waals surface area contributed by atoms with Gasteiger partial charge in [0.1, 0.15) is 0 Å². The Morgan fingerprint density at radius 3 is 2.67 bits per heavy atom. The van der Waals surface area contributed by atoms with E-state index < -0.39 is 31.2 Å². The highest BCUT2D eigenvalue weighted by Crippen LogP contribution is 2.26. The van der Waals surface area contributed by atoms with E-state index in [1.807, 2.05) is 0 Å². The smallest absolute Gasteiger partial charge is 0.336 e. The zero-order valence-electron chi connectivity index (χ0n) is 14.6. The molecule has 0 aliphatic carbocycles. The van der Waals surface area contributed by atoms with Gasteiger partial charge in [0.25, 0.3) is 5.56 Å². The van der Waals surface area contributed by atoms with Gasteiger partial charge in [-0.2, -0.15) is 16.2 Å². The van der Waals surface area contributed by atoms with Crippen LogP contribution in [0.2, 0.25) is 24.7 Å². The van der Waals surface area contributed by atoms with Gasteiger partial charge in [-0.1, -0.05) is 38.5 Å². The van der Waals surface area contributed by atoms with Crippen molar-refractivity contribution in [3.05, 3.63) is 32.9 Å². The second-order valence-electron chi connectivity index (χ2n) is 6.70. The quantitative estimate of drug-likeness (QED) is 0.540. The Balaban J connectivity index is 2.29. The molecule has 1 rings (SSSR count). The van der Waals surface area contributed by atoms with E-state index >= 15 is 0 Å². The standard InChI is InChI=1S/C15H26FN3O3SSi/c1-11(2)24(3,4)9-5-7-23-8-6-17-14(21)19-10-12(16)13(20)18-15(19)22/h10-11H,5-9H2,1-4H3,(H,17,21)(H,18,20,22). The Kier molecular flexibility index (Phi) is 7.94. The van der Waals surface area contributed by atoms with Gasteiger partial charge in [0, 0.05) is 20.4 Å². The van der Waals surface area contributed by atoms with E-state index in [1.165, 1.54) is 12.5 Å². The molecule has 24 heavy (non-hydrogen) atoms. The Morgan fingerprint density at radius 1 is 1.38 bits per heavy atom. The van der Waals surface area contributed by atoms with Gasteiger partial charge in [-0.3, -0.25) is 9.78 Å². The van der Waals surface area contributed by atoms with Gasteiger partial charge < -0.3 is 5.32 Å². The molecule has 0 aliphatic heterocycles. The number of nitrogens with one attached hydrogen (secondary N) is 2. The van der Waals surface area contributed by atoms with Crippen molar-refractivity contribution < 1.29 is 9.18 Å². The van der Waals surface area contributed by atoms with Gasteiger partial charge >= 0.3 is 11.7 Å². The second kappa shape index (κ2) is 9.21. The van der Waals surface area contributed by atoms with Crippen LogP contribution in [0.25, 0.3) is 0 Å². The number of carbonyl (C=O) groups excluding carboxylic acids is 1. The molecule has 9 heteroatoms. The van der Waals surface area contributed by atoms with Crippen LogP contribution in [0.3, 0.4) is 0 Å². The second-order valence-corrected chi connectivity index (χ2v) is 13.6. The fourth-order valence-electron chi connectivity index (χ4n) is 1.93. The van der Waals surface area contributed by atoms with E-state index in [0.29, 0.717) is 17.3 Å². The molecule has 2 N–H and O–H groups in total. The van der Waals surface area contributed by atoms with Crippen molar-refractivity contribution in [2.75, 3.05) is 18.1 Å². The average Bonchev–Trinajstić information content (AvgIpc) is 2.49. The molecule has 0 saturated carbocycles. The van der Waals surface area contributed by atoms with Crippen molar-refractivity contribution in [3.63, 3.8) is 0 Å². The molecule has 136 valence electrons. The zero-order chi connectivity index (χ0) is 18.3. The molecule has 0 bridgehead atoms. The highest BCUT2D eigenvalue weighted by atomic mass is 32.2. The lowest BCUT2D eigenvalue weighted by molar-refractivity contribution is 0.241. The van der Waals surface area contributed by atoms with Crippen LogP contribution < -0.4 is 16.6 Å². The molecule has 1 aromatic heterocycles. The maximum absolute atomic E-state index is 13.1. The third kappa shape index (κ3) is 6.27. The van der Waals surface area contributed by atoms with Gasteiger partial charge in [0.2, 0.25) is 5.82 Å². The van der Waals surface area contributed by atoms with Crippen LogP contribution in [0.1, 0.15) is 20.3 Å². The maximum atomic E-state index is 13.1. The SMILES string of the molecule is CC(C)[Si](C)(C)CCCSCCNC(=O)n1cc(F)c(=O)[nH]c1=O. The van der Waals surface area contributed by atoms with Crippen molar-refractivity contribution >= 4 is 25.9 Å². The minimum Gasteiger partial charge on any atom is -0.336 e. The monoisotopic (exact) mass is 375 g/mol. The first-order chi connectivity index (χ1) is 11.1. The normalized spacial score (nSPS) is 11.8. The summed E-state index contributed by atoms with van der Waals surface area (Å²) in [7, 11) is -1.11. The Hall–Kier alpha value is -1.35. The van der Waals surface area contributed by atoms with Crippen LogP contribution >= 0.6 is 11.8 Å². The van der Waals surface area contributed by atoms with Crippen LogP contribution in [0.5, 0.6) is 0 Å². The summed E-state index contributed by atoms with van der Waals surface area (Å²) < 4.78 is 13.6. The largest absolute Gasteiger partial charge is 0.336 e. The van der Waals surface area contributed by atoms with Gasteiger partial charge in [0.05, 0.1) is 6.20 Å². The number of rotatable bonds is 8. The van der Waals surface area contributed by atoms with E-state index in [4.69, 9.17) is 0 Å². The number of aromatic amines is 1. The maximum Gasteiger partial charge on any atom is 0.336 e. The molecule has 1 aromatic rings. The molecule has 0 saturated heterocycles. The Labute approximate surface area is 146 Å². The van der Waals surface area contributed by atoms with Gasteiger partial charge in [0.15, 0.2) is 0 Å². The van der Waals surface area contributed by atoms with Crippen LogP contribution in [0, 0.1) is 5.82 Å². The lowest BCUT2D eigenvalue weighted by atomic mass is 10.5. The Bertz CT molecular complexity index is 673. The zero-order valence-corrected chi connectivity index (χ0v) is 16.5. The van der Waals surface area contributed by atoms with Crippen LogP contribution in [-0.4, -0.2) is 41.7 Å². The summed E-state index contributed by atoms with van der Waals surface area (Å²) in [5.74, 6) is 0.582. The summed E-state index contributed by atoms with van der Waals surface area (Å²) in [5, 5.41) is 2.54. The predicted molar refractivity (Wildman–Crippen MR) is 99.4 cm³/mol. The highest BCUT2D eigenvalue weighted by molar-refractivity contribution is 7.99. The number of hydrogen-bond acceptors (Lipinski definition) is 4. The molecule has 0 aliphatic rings. The van der Waals surface area contributed by atoms with Crippen molar-refractivity contribution in [2.24, 2.45) is 0 Å². The minimum atomic E-state index is -1.17. The first-order valence-corrected chi connectivity index (χ1v) is 12.5. The van der Waals surface area contributed by atoms with Crippen molar-refractivity contribution in [3.8, 4) is 0 Å². The molecule has 0 radical (unpaired) electrons. The van der Waals surface area contributed by atoms with Crippen LogP contribution in [0.4, 0.5) is 9.18 Å². The predicted octanol–water partition coefficient (Wildman–Crippen LogP) is 2.48. The first-order valence-electron chi connectivity index (χ1n) is 8.02. The number of thioether (sulfide) groups is 1. The number of H-pyrrole nitrogens is 1. The van der Waals surface area contributed by atoms with E-state index in [2.05, 4.69) is 32.3 Å². The first kappa shape index (κ1) is 20.7. The fourth-order valence-corrected chi connectivity index (χ4v) is 4.65. The summed E-state index contributed by atoms with van der Waals surface area (Å²) >= 11 is 1.74. The van der Waals surface area contributed by atoms with E-state index in [1.54, 1.807) is 16.7 Å². The molecular formula is C15H26FN3O3SSi. The number of carbonyl (C=O) groups is 1. The van der Waals surface area contributed by atoms with Crippen molar-refractivity contribution in [1.82, 2.24) is 14.9 Å². The summed E-state index contributed by atoms with van der Waals surface area (Å²) in [4.78, 5) is 35.9. The Morgan fingerprint density at radius 2 is 2.04 bits per heavy atom. The number of hydrogen-bond donors (Lipinski definition) is 2. The molecule has 6 nitrogen and oxygen atoms in total. The van der Waals surface area contributed by atoms with Gasteiger partial charge in [-0.15, -0.1) is 0 Å². The molecule has 1 heterocycles. The molecule has 0 atom stereocenters. The third-order valence-corrected chi connectivity index (χ3v) is 10.2. The van der Waals surface area contributed by atoms with E-state index in [0.717, 1.165) is 17.0 Å². The van der Waals surface area contributed by atoms with E-state index in [9.17, 15) is 18.8 Å². The third-order valence-electron chi connectivity index (χ3n) is 4.31. The highest BCUT2D eigenvalue weighted by Gasteiger charge is 2.23. The number of nitrogens with zero attached hydrogens (tertiary/aromatic N) is 1. The van der Waals surface area contributed by atoms with Crippen molar-refractivity contribution in [2.45, 2.75) is 44.9 Å². The lowest BCUT2D eigenvalue weighted by Gasteiger charge is -2.26. The molecule has 0 aromatic carbocycles. The van der Waals surface area contributed by atoms with E-state index in [-0.39, 0.29) is 0 Å². The van der Waals surface area contributed by atoms with Crippen LogP contribution in [0.15, 0.2) is 15.8 Å². The number of halogens is 1. The molecule has 0 fully saturated rings. The summed E-state index contributed by atoms with van der Waals surface area (Å²) in [6.07, 6.45) is 1.77.